The van der Waals surface area contributed by atoms with E-state index in [1.807, 2.05) is 6.07 Å². The zero-order valence-electron chi connectivity index (χ0n) is 9.41. The van der Waals surface area contributed by atoms with Crippen LogP contribution in [0.3, 0.4) is 0 Å². The number of carbonyl (C=O) groups excluding carboxylic acids is 1. The molecule has 1 amide bonds. The summed E-state index contributed by atoms with van der Waals surface area (Å²) in [5.41, 5.74) is 0.550. The molecule has 1 heterocycles. The second-order valence-corrected chi connectivity index (χ2v) is 5.31. The van der Waals surface area contributed by atoms with Gasteiger partial charge < -0.3 is 9.84 Å². The minimum atomic E-state index is -0.203. The number of rotatable bonds is 3. The van der Waals surface area contributed by atoms with E-state index >= 15 is 0 Å². The first-order valence-corrected chi connectivity index (χ1v) is 6.67. The third-order valence-corrected chi connectivity index (χ3v) is 3.29. The van der Waals surface area contributed by atoms with Crippen LogP contribution in [0.1, 0.15) is 22.1 Å². The second-order valence-electron chi connectivity index (χ2n) is 3.54. The van der Waals surface area contributed by atoms with Crippen LogP contribution in [0.2, 0.25) is 0 Å². The Bertz CT molecular complexity index is 583. The van der Waals surface area contributed by atoms with Gasteiger partial charge in [0, 0.05) is 8.95 Å². The molecule has 0 aliphatic heterocycles. The summed E-state index contributed by atoms with van der Waals surface area (Å²) in [6.45, 7) is 1.93. The Morgan fingerprint density at radius 1 is 1.44 bits per heavy atom. The molecule has 2 aromatic rings. The Morgan fingerprint density at radius 3 is 2.83 bits per heavy atom. The van der Waals surface area contributed by atoms with Crippen molar-refractivity contribution in [3.8, 4) is 0 Å². The van der Waals surface area contributed by atoms with Gasteiger partial charge in [-0.3, -0.25) is 4.79 Å². The number of nitrogens with zero attached hydrogens (tertiary/aromatic N) is 2. The molecule has 1 aromatic carbocycles. The van der Waals surface area contributed by atoms with Crippen molar-refractivity contribution in [1.29, 1.82) is 0 Å². The van der Waals surface area contributed by atoms with Crippen LogP contribution in [0.5, 0.6) is 0 Å². The molecular formula is C11H9Br2N3O2. The number of hydrogen-bond donors (Lipinski definition) is 1. The lowest BCUT2D eigenvalue weighted by molar-refractivity contribution is 0.0945. The van der Waals surface area contributed by atoms with Crippen LogP contribution in [-0.2, 0) is 6.54 Å². The number of amides is 1. The normalized spacial score (nSPS) is 10.4. The van der Waals surface area contributed by atoms with Crippen molar-refractivity contribution in [2.45, 2.75) is 13.5 Å². The van der Waals surface area contributed by atoms with Crippen LogP contribution in [0.15, 0.2) is 31.7 Å². The summed E-state index contributed by atoms with van der Waals surface area (Å²) in [5.74, 6) is 0.725. The van der Waals surface area contributed by atoms with Crippen LogP contribution in [0.4, 0.5) is 0 Å². The van der Waals surface area contributed by atoms with Crippen LogP contribution in [0, 0.1) is 6.92 Å². The van der Waals surface area contributed by atoms with Crippen molar-refractivity contribution in [3.63, 3.8) is 0 Å². The number of benzene rings is 1. The summed E-state index contributed by atoms with van der Waals surface area (Å²) in [5, 5.41) is 6.35. The van der Waals surface area contributed by atoms with Crippen molar-refractivity contribution in [1.82, 2.24) is 15.5 Å². The predicted octanol–water partition coefficient (Wildman–Crippen LogP) is 2.83. The summed E-state index contributed by atoms with van der Waals surface area (Å²) in [7, 11) is 0. The zero-order valence-corrected chi connectivity index (χ0v) is 12.6. The highest BCUT2D eigenvalue weighted by atomic mass is 79.9. The SMILES string of the molecule is Cc1noc(CNC(=O)c2ccc(Br)cc2Br)n1. The van der Waals surface area contributed by atoms with Crippen LogP contribution in [0.25, 0.3) is 0 Å². The fraction of sp³-hybridized carbons (Fsp3) is 0.182. The molecule has 1 aromatic heterocycles. The van der Waals surface area contributed by atoms with Gasteiger partial charge in [0.25, 0.3) is 5.91 Å². The third kappa shape index (κ3) is 3.17. The highest BCUT2D eigenvalue weighted by Crippen LogP contribution is 2.21. The van der Waals surface area contributed by atoms with Crippen LogP contribution >= 0.6 is 31.9 Å². The van der Waals surface area contributed by atoms with Crippen LogP contribution in [-0.4, -0.2) is 16.0 Å². The van der Waals surface area contributed by atoms with Crippen molar-refractivity contribution in [3.05, 3.63) is 44.4 Å². The maximum Gasteiger partial charge on any atom is 0.252 e. The van der Waals surface area contributed by atoms with E-state index < -0.39 is 0 Å². The summed E-state index contributed by atoms with van der Waals surface area (Å²) in [4.78, 5) is 15.9. The standard InChI is InChI=1S/C11H9Br2N3O2/c1-6-15-10(18-16-6)5-14-11(17)8-3-2-7(12)4-9(8)13/h2-4H,5H2,1H3,(H,14,17). The van der Waals surface area contributed by atoms with Crippen molar-refractivity contribution in [2.75, 3.05) is 0 Å². The molecule has 0 unspecified atom stereocenters. The van der Waals surface area contributed by atoms with Gasteiger partial charge in [-0.25, -0.2) is 0 Å². The van der Waals surface area contributed by atoms with E-state index in [0.717, 1.165) is 8.95 Å². The molecule has 0 saturated carbocycles. The summed E-state index contributed by atoms with van der Waals surface area (Å²) >= 11 is 6.66. The predicted molar refractivity (Wildman–Crippen MR) is 72.0 cm³/mol. The van der Waals surface area contributed by atoms with Gasteiger partial charge >= 0.3 is 0 Å². The molecule has 0 saturated heterocycles. The number of aromatic nitrogens is 2. The molecule has 0 atom stereocenters. The number of aryl methyl sites for hydroxylation is 1. The molecule has 0 aliphatic rings. The van der Waals surface area contributed by atoms with Gasteiger partial charge in [-0.1, -0.05) is 21.1 Å². The summed E-state index contributed by atoms with van der Waals surface area (Å²) in [6.07, 6.45) is 0. The molecule has 94 valence electrons. The Hall–Kier alpha value is -1.21. The van der Waals surface area contributed by atoms with E-state index in [9.17, 15) is 4.79 Å². The van der Waals surface area contributed by atoms with E-state index in [0.29, 0.717) is 17.3 Å². The maximum absolute atomic E-state index is 11.9. The van der Waals surface area contributed by atoms with Crippen LogP contribution < -0.4 is 5.32 Å². The number of hydrogen-bond acceptors (Lipinski definition) is 4. The fourth-order valence-corrected chi connectivity index (χ4v) is 2.56. The zero-order chi connectivity index (χ0) is 13.1. The van der Waals surface area contributed by atoms with Crippen molar-refractivity contribution in [2.24, 2.45) is 0 Å². The Labute approximate surface area is 120 Å². The smallest absolute Gasteiger partial charge is 0.252 e. The largest absolute Gasteiger partial charge is 0.343 e. The number of halogens is 2. The van der Waals surface area contributed by atoms with Gasteiger partial charge in [0.2, 0.25) is 5.89 Å². The van der Waals surface area contributed by atoms with E-state index in [4.69, 9.17) is 4.52 Å². The van der Waals surface area contributed by atoms with E-state index in [1.54, 1.807) is 19.1 Å². The molecule has 5 nitrogen and oxygen atoms in total. The highest BCUT2D eigenvalue weighted by molar-refractivity contribution is 9.11. The first kappa shape index (κ1) is 13.2. The Kier molecular flexibility index (Phi) is 4.13. The minimum absolute atomic E-state index is 0.203. The van der Waals surface area contributed by atoms with Gasteiger partial charge in [0.05, 0.1) is 12.1 Å². The summed E-state index contributed by atoms with van der Waals surface area (Å²) < 4.78 is 6.52. The first-order chi connectivity index (χ1) is 8.56. The average molecular weight is 375 g/mol. The Balaban J connectivity index is 2.03. The van der Waals surface area contributed by atoms with E-state index in [1.165, 1.54) is 0 Å². The van der Waals surface area contributed by atoms with Gasteiger partial charge in [-0.2, -0.15) is 4.98 Å². The van der Waals surface area contributed by atoms with Crippen molar-refractivity contribution >= 4 is 37.8 Å². The van der Waals surface area contributed by atoms with E-state index in [2.05, 4.69) is 47.3 Å². The molecule has 0 bridgehead atoms. The molecule has 2 rings (SSSR count). The first-order valence-electron chi connectivity index (χ1n) is 5.08. The Morgan fingerprint density at radius 2 is 2.22 bits per heavy atom. The van der Waals surface area contributed by atoms with Gasteiger partial charge in [0.1, 0.15) is 0 Å². The van der Waals surface area contributed by atoms with E-state index in [-0.39, 0.29) is 12.5 Å². The van der Waals surface area contributed by atoms with Gasteiger partial charge in [-0.05, 0) is 41.1 Å². The monoisotopic (exact) mass is 373 g/mol. The van der Waals surface area contributed by atoms with Gasteiger partial charge in [0.15, 0.2) is 5.82 Å². The lowest BCUT2D eigenvalue weighted by Crippen LogP contribution is -2.23. The fourth-order valence-electron chi connectivity index (χ4n) is 1.34. The average Bonchev–Trinajstić information content (AvgIpc) is 2.72. The molecule has 18 heavy (non-hydrogen) atoms. The molecule has 0 aliphatic carbocycles. The topological polar surface area (TPSA) is 68.0 Å². The second kappa shape index (κ2) is 5.62. The third-order valence-electron chi connectivity index (χ3n) is 2.15. The maximum atomic E-state index is 11.9. The lowest BCUT2D eigenvalue weighted by Gasteiger charge is -2.05. The molecular weight excluding hydrogens is 366 g/mol. The number of carbonyl (C=O) groups is 1. The summed E-state index contributed by atoms with van der Waals surface area (Å²) in [6, 6.07) is 5.34. The van der Waals surface area contributed by atoms with Gasteiger partial charge in [-0.15, -0.1) is 0 Å². The lowest BCUT2D eigenvalue weighted by atomic mass is 10.2. The minimum Gasteiger partial charge on any atom is -0.343 e. The molecule has 0 radical (unpaired) electrons. The quantitative estimate of drug-likeness (QED) is 0.896. The van der Waals surface area contributed by atoms with Crippen molar-refractivity contribution < 1.29 is 9.32 Å². The number of nitrogens with one attached hydrogen (secondary N) is 1. The molecule has 0 fully saturated rings. The molecule has 7 heteroatoms. The molecule has 0 spiro atoms. The highest BCUT2D eigenvalue weighted by Gasteiger charge is 2.11. The molecule has 1 N–H and O–H groups in total.